The van der Waals surface area contributed by atoms with Crippen LogP contribution in [0.15, 0.2) is 60.7 Å². The first kappa shape index (κ1) is 11.0. The molecule has 0 amide bonds. The minimum Gasteiger partial charge on any atom is -0.0622 e. The maximum atomic E-state index is 2.30. The van der Waals surface area contributed by atoms with Crippen molar-refractivity contribution in [1.29, 1.82) is 0 Å². The number of rotatable bonds is 3. The summed E-state index contributed by atoms with van der Waals surface area (Å²) in [4.78, 5) is 0. The Labute approximate surface area is 98.7 Å². The molecule has 0 saturated heterocycles. The van der Waals surface area contributed by atoms with Gasteiger partial charge in [-0.2, -0.15) is 0 Å². The lowest BCUT2D eigenvalue weighted by molar-refractivity contribution is 0.731. The van der Waals surface area contributed by atoms with E-state index in [1.54, 1.807) is 0 Å². The average molecular weight is 208 g/mol. The van der Waals surface area contributed by atoms with E-state index in [1.165, 1.54) is 11.1 Å². The average Bonchev–Trinajstić information content (AvgIpc) is 2.39. The molecule has 0 aromatic heterocycles. The second-order valence-corrected chi connectivity index (χ2v) is 4.40. The van der Waals surface area contributed by atoms with Gasteiger partial charge in [-0.05, 0) is 17.3 Å². The highest BCUT2D eigenvalue weighted by Gasteiger charge is 2.15. The lowest BCUT2D eigenvalue weighted by Crippen LogP contribution is -2.08. The molecule has 2 unspecified atom stereocenters. The van der Waals surface area contributed by atoms with Gasteiger partial charge < -0.3 is 0 Å². The van der Waals surface area contributed by atoms with Gasteiger partial charge in [-0.3, -0.25) is 0 Å². The van der Waals surface area contributed by atoms with Crippen molar-refractivity contribution in [2.24, 2.45) is 0 Å². The summed E-state index contributed by atoms with van der Waals surface area (Å²) >= 11 is 0. The van der Waals surface area contributed by atoms with E-state index >= 15 is 0 Å². The molecule has 16 heavy (non-hydrogen) atoms. The predicted octanol–water partition coefficient (Wildman–Crippen LogP) is 3.16. The van der Waals surface area contributed by atoms with Crippen molar-refractivity contribution in [3.05, 3.63) is 71.8 Å². The normalized spacial score (nSPS) is 14.3. The van der Waals surface area contributed by atoms with Gasteiger partial charge in [0.1, 0.15) is 7.85 Å². The zero-order valence-corrected chi connectivity index (χ0v) is 9.93. The molecule has 0 N–H and O–H groups in total. The van der Waals surface area contributed by atoms with Gasteiger partial charge in [0, 0.05) is 0 Å². The highest BCUT2D eigenvalue weighted by atomic mass is 14.2. The van der Waals surface area contributed by atoms with E-state index in [2.05, 4.69) is 75.4 Å². The fourth-order valence-electron chi connectivity index (χ4n) is 2.09. The molecule has 0 nitrogen and oxygen atoms in total. The molecule has 2 rings (SSSR count). The third-order valence-corrected chi connectivity index (χ3v) is 3.40. The number of benzene rings is 2. The predicted molar refractivity (Wildman–Crippen MR) is 72.6 cm³/mol. The Balaban J connectivity index is 2.20. The topological polar surface area (TPSA) is 0 Å². The summed E-state index contributed by atoms with van der Waals surface area (Å²) in [6.45, 7) is 2.30. The fraction of sp³-hybridized carbons (Fsp3) is 0.200. The van der Waals surface area contributed by atoms with Gasteiger partial charge in [0.2, 0.25) is 0 Å². The minimum atomic E-state index is 0.559. The van der Waals surface area contributed by atoms with E-state index < -0.39 is 0 Å². The molecule has 0 radical (unpaired) electrons. The lowest BCUT2D eigenvalue weighted by atomic mass is 9.70. The Morgan fingerprint density at radius 1 is 0.750 bits per heavy atom. The van der Waals surface area contributed by atoms with Crippen molar-refractivity contribution < 1.29 is 0 Å². The van der Waals surface area contributed by atoms with Crippen LogP contribution in [-0.2, 0) is 0 Å². The summed E-state index contributed by atoms with van der Waals surface area (Å²) in [7, 11) is 2.30. The second-order valence-electron chi connectivity index (χ2n) is 4.40. The summed E-state index contributed by atoms with van der Waals surface area (Å²) in [5, 5.41) is 0. The van der Waals surface area contributed by atoms with Crippen LogP contribution < -0.4 is 0 Å². The van der Waals surface area contributed by atoms with Crippen LogP contribution >= 0.6 is 0 Å². The lowest BCUT2D eigenvalue weighted by Gasteiger charge is -2.20. The maximum absolute atomic E-state index is 2.30. The van der Waals surface area contributed by atoms with Crippen molar-refractivity contribution in [3.8, 4) is 0 Å². The summed E-state index contributed by atoms with van der Waals surface area (Å²) in [6.07, 6.45) is 0. The fourth-order valence-corrected chi connectivity index (χ4v) is 2.09. The summed E-state index contributed by atoms with van der Waals surface area (Å²) in [5.41, 5.74) is 2.83. The standard InChI is InChI=1S/C15H17B/c1-12(13-8-4-2-5-9-13)15(16)14-10-6-3-7-11-14/h2-12,15H,16H2,1H3. The summed E-state index contributed by atoms with van der Waals surface area (Å²) in [5.74, 6) is 1.12. The Morgan fingerprint density at radius 3 is 1.69 bits per heavy atom. The molecule has 0 heterocycles. The van der Waals surface area contributed by atoms with Crippen LogP contribution in [0.25, 0.3) is 0 Å². The largest absolute Gasteiger partial charge is 0.111 e. The van der Waals surface area contributed by atoms with E-state index in [-0.39, 0.29) is 0 Å². The first-order chi connectivity index (χ1) is 7.79. The number of hydrogen-bond acceptors (Lipinski definition) is 0. The molecule has 0 aliphatic heterocycles. The molecule has 0 saturated carbocycles. The van der Waals surface area contributed by atoms with E-state index in [4.69, 9.17) is 0 Å². The smallest absolute Gasteiger partial charge is 0.0622 e. The van der Waals surface area contributed by atoms with Crippen LogP contribution in [0, 0.1) is 0 Å². The molecule has 0 fully saturated rings. The first-order valence-electron chi connectivity index (χ1n) is 5.89. The van der Waals surface area contributed by atoms with Crippen LogP contribution in [-0.4, -0.2) is 7.85 Å². The van der Waals surface area contributed by atoms with Crippen molar-refractivity contribution in [2.75, 3.05) is 0 Å². The molecule has 2 aromatic rings. The van der Waals surface area contributed by atoms with Crippen LogP contribution in [0.4, 0.5) is 0 Å². The van der Waals surface area contributed by atoms with E-state index in [9.17, 15) is 0 Å². The molecule has 2 atom stereocenters. The second kappa shape index (κ2) is 5.02. The summed E-state index contributed by atoms with van der Waals surface area (Å²) in [6, 6.07) is 21.5. The molecule has 0 aliphatic carbocycles. The van der Waals surface area contributed by atoms with Gasteiger partial charge in [-0.25, -0.2) is 0 Å². The van der Waals surface area contributed by atoms with E-state index in [1.807, 2.05) is 0 Å². The minimum absolute atomic E-state index is 0.559. The molecular weight excluding hydrogens is 191 g/mol. The Kier molecular flexibility index (Phi) is 3.45. The van der Waals surface area contributed by atoms with Crippen molar-refractivity contribution in [3.63, 3.8) is 0 Å². The molecule has 0 spiro atoms. The van der Waals surface area contributed by atoms with Crippen LogP contribution in [0.5, 0.6) is 0 Å². The van der Waals surface area contributed by atoms with Gasteiger partial charge >= 0.3 is 0 Å². The van der Waals surface area contributed by atoms with Crippen LogP contribution in [0.2, 0.25) is 0 Å². The van der Waals surface area contributed by atoms with Crippen LogP contribution in [0.1, 0.15) is 29.8 Å². The highest BCUT2D eigenvalue weighted by molar-refractivity contribution is 6.13. The Hall–Kier alpha value is -1.50. The summed E-state index contributed by atoms with van der Waals surface area (Å²) < 4.78 is 0. The quantitative estimate of drug-likeness (QED) is 0.679. The van der Waals surface area contributed by atoms with Crippen LogP contribution in [0.3, 0.4) is 0 Å². The van der Waals surface area contributed by atoms with Gasteiger partial charge in [0.05, 0.1) is 0 Å². The highest BCUT2D eigenvalue weighted by Crippen LogP contribution is 2.29. The van der Waals surface area contributed by atoms with Crippen molar-refractivity contribution >= 4 is 7.85 Å². The first-order valence-corrected chi connectivity index (χ1v) is 5.89. The third-order valence-electron chi connectivity index (χ3n) is 3.40. The zero-order chi connectivity index (χ0) is 11.4. The zero-order valence-electron chi connectivity index (χ0n) is 9.93. The molecule has 1 heteroatoms. The monoisotopic (exact) mass is 208 g/mol. The Morgan fingerprint density at radius 2 is 1.19 bits per heavy atom. The van der Waals surface area contributed by atoms with Crippen molar-refractivity contribution in [2.45, 2.75) is 18.7 Å². The van der Waals surface area contributed by atoms with Gasteiger partial charge in [-0.15, -0.1) is 0 Å². The van der Waals surface area contributed by atoms with Gasteiger partial charge in [0.15, 0.2) is 0 Å². The number of hydrogen-bond donors (Lipinski definition) is 0. The van der Waals surface area contributed by atoms with Crippen molar-refractivity contribution in [1.82, 2.24) is 0 Å². The molecule has 0 aliphatic rings. The van der Waals surface area contributed by atoms with Gasteiger partial charge in [-0.1, -0.05) is 73.2 Å². The molecule has 2 aromatic carbocycles. The molecule has 80 valence electrons. The van der Waals surface area contributed by atoms with E-state index in [0.29, 0.717) is 11.7 Å². The molecular formula is C15H17B. The third kappa shape index (κ3) is 2.36. The van der Waals surface area contributed by atoms with Gasteiger partial charge in [0.25, 0.3) is 0 Å². The van der Waals surface area contributed by atoms with E-state index in [0.717, 1.165) is 0 Å². The Bertz CT molecular complexity index is 378. The maximum Gasteiger partial charge on any atom is 0.111 e. The SMILES string of the molecule is BC(c1ccccc1)C(C)c1ccccc1. The molecule has 0 bridgehead atoms.